The Morgan fingerprint density at radius 3 is 2.71 bits per heavy atom. The summed E-state index contributed by atoms with van der Waals surface area (Å²) >= 11 is 0. The summed E-state index contributed by atoms with van der Waals surface area (Å²) in [5, 5.41) is 9.86. The molecule has 0 atom stereocenters. The van der Waals surface area contributed by atoms with Gasteiger partial charge in [-0.2, -0.15) is 5.26 Å². The van der Waals surface area contributed by atoms with Crippen LogP contribution in [0.4, 0.5) is 4.39 Å². The van der Waals surface area contributed by atoms with E-state index in [-0.39, 0.29) is 11.5 Å². The Morgan fingerprint density at radius 2 is 2.00 bits per heavy atom. The lowest BCUT2D eigenvalue weighted by atomic mass is 9.99. The molecule has 0 amide bonds. The van der Waals surface area contributed by atoms with E-state index >= 15 is 0 Å². The average molecular weight is 276 g/mol. The van der Waals surface area contributed by atoms with E-state index in [1.807, 2.05) is 6.07 Å². The van der Waals surface area contributed by atoms with Crippen molar-refractivity contribution < 1.29 is 9.18 Å². The van der Waals surface area contributed by atoms with E-state index in [2.05, 4.69) is 4.98 Å². The topological polar surface area (TPSA) is 53.8 Å². The fraction of sp³-hybridized carbons (Fsp3) is 0. The van der Waals surface area contributed by atoms with Crippen LogP contribution >= 0.6 is 0 Å². The molecule has 3 nitrogen and oxygen atoms in total. The van der Waals surface area contributed by atoms with Gasteiger partial charge in [0, 0.05) is 10.9 Å². The summed E-state index contributed by atoms with van der Waals surface area (Å²) in [5.41, 5.74) is 2.63. The van der Waals surface area contributed by atoms with Crippen molar-refractivity contribution in [2.75, 3.05) is 0 Å². The first-order valence-corrected chi connectivity index (χ1v) is 6.27. The Hall–Kier alpha value is -3.06. The number of carbonyl (C=O) groups is 1. The van der Waals surface area contributed by atoms with Gasteiger partial charge in [-0.3, -0.25) is 4.79 Å². The molecule has 0 aliphatic carbocycles. The Morgan fingerprint density at radius 1 is 1.14 bits per heavy atom. The molecular formula is C17H9FN2O. The molecular weight excluding hydrogens is 267 g/mol. The van der Waals surface area contributed by atoms with Crippen LogP contribution < -0.4 is 0 Å². The fourth-order valence-corrected chi connectivity index (χ4v) is 2.27. The van der Waals surface area contributed by atoms with Crippen LogP contribution in [0.25, 0.3) is 22.0 Å². The molecule has 0 radical (unpaired) electrons. The minimum Gasteiger partial charge on any atom is -0.298 e. The third-order valence-electron chi connectivity index (χ3n) is 3.22. The molecule has 21 heavy (non-hydrogen) atoms. The fourth-order valence-electron chi connectivity index (χ4n) is 2.27. The number of aldehydes is 1. The third kappa shape index (κ3) is 2.37. The number of aromatic nitrogens is 1. The molecule has 100 valence electrons. The quantitative estimate of drug-likeness (QED) is 0.670. The predicted molar refractivity (Wildman–Crippen MR) is 77.2 cm³/mol. The number of halogens is 1. The van der Waals surface area contributed by atoms with Crippen LogP contribution in [-0.4, -0.2) is 11.3 Å². The van der Waals surface area contributed by atoms with Gasteiger partial charge in [-0.1, -0.05) is 24.3 Å². The number of benzene rings is 2. The second-order valence-corrected chi connectivity index (χ2v) is 4.57. The summed E-state index contributed by atoms with van der Waals surface area (Å²) in [6.45, 7) is 0. The minimum atomic E-state index is -0.347. The Bertz CT molecular complexity index is 897. The van der Waals surface area contributed by atoms with Crippen LogP contribution in [0.15, 0.2) is 48.5 Å². The molecule has 0 aliphatic rings. The number of rotatable bonds is 2. The van der Waals surface area contributed by atoms with E-state index in [4.69, 9.17) is 5.26 Å². The van der Waals surface area contributed by atoms with Crippen molar-refractivity contribution in [3.63, 3.8) is 0 Å². The molecule has 1 heterocycles. The van der Waals surface area contributed by atoms with Gasteiger partial charge < -0.3 is 0 Å². The summed E-state index contributed by atoms with van der Waals surface area (Å²) in [6, 6.07) is 14.8. The van der Waals surface area contributed by atoms with E-state index in [1.54, 1.807) is 36.4 Å². The molecule has 0 bridgehead atoms. The molecule has 3 aromatic rings. The Kier molecular flexibility index (Phi) is 3.17. The lowest BCUT2D eigenvalue weighted by Gasteiger charge is -2.08. The third-order valence-corrected chi connectivity index (χ3v) is 3.22. The Balaban J connectivity index is 2.35. The van der Waals surface area contributed by atoms with Gasteiger partial charge in [0.2, 0.25) is 0 Å². The second-order valence-electron chi connectivity index (χ2n) is 4.57. The van der Waals surface area contributed by atoms with Gasteiger partial charge in [0.15, 0.2) is 0 Å². The highest BCUT2D eigenvalue weighted by atomic mass is 19.1. The van der Waals surface area contributed by atoms with E-state index in [0.29, 0.717) is 22.2 Å². The van der Waals surface area contributed by atoms with Crippen molar-refractivity contribution in [2.45, 2.75) is 0 Å². The number of nitrogens with zero attached hydrogens (tertiary/aromatic N) is 2. The summed E-state index contributed by atoms with van der Waals surface area (Å²) in [5.74, 6) is -0.347. The molecule has 0 N–H and O–H groups in total. The van der Waals surface area contributed by atoms with Crippen LogP contribution in [0, 0.1) is 17.1 Å². The highest BCUT2D eigenvalue weighted by Crippen LogP contribution is 2.29. The van der Waals surface area contributed by atoms with Crippen molar-refractivity contribution in [2.24, 2.45) is 0 Å². The second kappa shape index (κ2) is 5.14. The lowest BCUT2D eigenvalue weighted by Crippen LogP contribution is -1.91. The monoisotopic (exact) mass is 276 g/mol. The van der Waals surface area contributed by atoms with Gasteiger partial charge >= 0.3 is 0 Å². The summed E-state index contributed by atoms with van der Waals surface area (Å²) in [6.07, 6.45) is 0.724. The molecule has 1 aromatic heterocycles. The standard InChI is InChI=1S/C17H9FN2O/c18-13-3-1-2-12(7-13)16-8-14(9-19)20-17-6-11(10-21)4-5-15(16)17/h1-8,10H. The van der Waals surface area contributed by atoms with E-state index in [9.17, 15) is 9.18 Å². The molecule has 4 heteroatoms. The van der Waals surface area contributed by atoms with Crippen LogP contribution in [0.3, 0.4) is 0 Å². The molecule has 0 spiro atoms. The zero-order chi connectivity index (χ0) is 14.8. The van der Waals surface area contributed by atoms with Gasteiger partial charge in [0.05, 0.1) is 5.52 Å². The van der Waals surface area contributed by atoms with E-state index < -0.39 is 0 Å². The molecule has 0 aliphatic heterocycles. The van der Waals surface area contributed by atoms with Crippen LogP contribution in [0.1, 0.15) is 16.1 Å². The van der Waals surface area contributed by atoms with E-state index in [1.165, 1.54) is 12.1 Å². The normalized spacial score (nSPS) is 10.3. The highest BCUT2D eigenvalue weighted by Gasteiger charge is 2.09. The Labute approximate surface area is 120 Å². The smallest absolute Gasteiger partial charge is 0.150 e. The van der Waals surface area contributed by atoms with Crippen molar-refractivity contribution in [1.29, 1.82) is 5.26 Å². The number of carbonyl (C=O) groups excluding carboxylic acids is 1. The number of hydrogen-bond donors (Lipinski definition) is 0. The first-order valence-electron chi connectivity index (χ1n) is 6.27. The van der Waals surface area contributed by atoms with Gasteiger partial charge in [-0.25, -0.2) is 9.37 Å². The van der Waals surface area contributed by atoms with E-state index in [0.717, 1.165) is 11.7 Å². The average Bonchev–Trinajstić information content (AvgIpc) is 2.53. The maximum Gasteiger partial charge on any atom is 0.150 e. The van der Waals surface area contributed by atoms with Gasteiger partial charge in [-0.15, -0.1) is 0 Å². The molecule has 0 fully saturated rings. The van der Waals surface area contributed by atoms with Crippen molar-refractivity contribution in [3.8, 4) is 17.2 Å². The maximum absolute atomic E-state index is 13.4. The number of fused-ring (bicyclic) bond motifs is 1. The maximum atomic E-state index is 13.4. The van der Waals surface area contributed by atoms with Crippen molar-refractivity contribution >= 4 is 17.2 Å². The zero-order valence-corrected chi connectivity index (χ0v) is 10.9. The molecule has 0 unspecified atom stereocenters. The van der Waals surface area contributed by atoms with Crippen molar-refractivity contribution in [1.82, 2.24) is 4.98 Å². The van der Waals surface area contributed by atoms with Gasteiger partial charge in [0.25, 0.3) is 0 Å². The SMILES string of the molecule is N#Cc1cc(-c2cccc(F)c2)c2ccc(C=O)cc2n1. The molecule has 0 saturated carbocycles. The largest absolute Gasteiger partial charge is 0.298 e. The molecule has 2 aromatic carbocycles. The van der Waals surface area contributed by atoms with Crippen LogP contribution in [0.2, 0.25) is 0 Å². The lowest BCUT2D eigenvalue weighted by molar-refractivity contribution is 0.112. The first kappa shape index (κ1) is 12.9. The number of hydrogen-bond acceptors (Lipinski definition) is 3. The molecule has 0 saturated heterocycles. The highest BCUT2D eigenvalue weighted by molar-refractivity contribution is 5.97. The van der Waals surface area contributed by atoms with Crippen LogP contribution in [-0.2, 0) is 0 Å². The van der Waals surface area contributed by atoms with Crippen LogP contribution in [0.5, 0.6) is 0 Å². The summed E-state index contributed by atoms with van der Waals surface area (Å²) in [4.78, 5) is 15.1. The van der Waals surface area contributed by atoms with Crippen molar-refractivity contribution in [3.05, 3.63) is 65.6 Å². The predicted octanol–water partition coefficient (Wildman–Crippen LogP) is 3.73. The number of pyridine rings is 1. The summed E-state index contributed by atoms with van der Waals surface area (Å²) < 4.78 is 13.4. The summed E-state index contributed by atoms with van der Waals surface area (Å²) in [7, 11) is 0. The number of nitriles is 1. The molecule has 3 rings (SSSR count). The zero-order valence-electron chi connectivity index (χ0n) is 10.9. The minimum absolute atomic E-state index is 0.227. The van der Waals surface area contributed by atoms with Gasteiger partial charge in [-0.05, 0) is 35.4 Å². The first-order chi connectivity index (χ1) is 10.2. The van der Waals surface area contributed by atoms with Gasteiger partial charge in [0.1, 0.15) is 23.9 Å².